The van der Waals surface area contributed by atoms with Gasteiger partial charge in [0.05, 0.1) is 0 Å². The molecule has 2 unspecified atom stereocenters. The number of rotatable bonds is 3. The second-order valence-electron chi connectivity index (χ2n) is 6.63. The van der Waals surface area contributed by atoms with E-state index in [0.29, 0.717) is 0 Å². The van der Waals surface area contributed by atoms with Crippen molar-refractivity contribution in [2.75, 3.05) is 26.2 Å². The quantitative estimate of drug-likeness (QED) is 0.832. The Morgan fingerprint density at radius 3 is 2.35 bits per heavy atom. The molecule has 110 valence electrons. The maximum Gasteiger partial charge on any atom is 0.0234 e. The Balaban J connectivity index is 1.49. The first-order valence-corrected chi connectivity index (χ1v) is 8.33. The fourth-order valence-corrected chi connectivity index (χ4v) is 3.93. The molecule has 2 aliphatic rings. The van der Waals surface area contributed by atoms with Crippen LogP contribution >= 0.6 is 0 Å². The Bertz CT molecular complexity index is 395. The Hall–Kier alpha value is -0.860. The SMILES string of the molecule is CC1CCCCC1N1CCN(Cc2ccccc2)CC1. The van der Waals surface area contributed by atoms with Gasteiger partial charge in [0.1, 0.15) is 0 Å². The van der Waals surface area contributed by atoms with Gasteiger partial charge in [-0.3, -0.25) is 9.80 Å². The van der Waals surface area contributed by atoms with Gasteiger partial charge in [-0.2, -0.15) is 0 Å². The molecule has 20 heavy (non-hydrogen) atoms. The lowest BCUT2D eigenvalue weighted by Crippen LogP contribution is -2.52. The predicted octanol–water partition coefficient (Wildman–Crippen LogP) is 3.38. The van der Waals surface area contributed by atoms with E-state index in [9.17, 15) is 0 Å². The van der Waals surface area contributed by atoms with Gasteiger partial charge in [-0.25, -0.2) is 0 Å². The molecule has 1 aromatic rings. The van der Waals surface area contributed by atoms with Gasteiger partial charge >= 0.3 is 0 Å². The molecule has 1 aliphatic heterocycles. The molecular weight excluding hydrogens is 244 g/mol. The van der Waals surface area contributed by atoms with Crippen LogP contribution in [0.3, 0.4) is 0 Å². The molecule has 0 N–H and O–H groups in total. The van der Waals surface area contributed by atoms with Crippen LogP contribution in [0.5, 0.6) is 0 Å². The first kappa shape index (κ1) is 14.1. The van der Waals surface area contributed by atoms with Crippen LogP contribution in [0.15, 0.2) is 30.3 Å². The van der Waals surface area contributed by atoms with E-state index in [4.69, 9.17) is 0 Å². The summed E-state index contributed by atoms with van der Waals surface area (Å²) in [5.74, 6) is 0.907. The highest BCUT2D eigenvalue weighted by Crippen LogP contribution is 2.28. The Kier molecular flexibility index (Phi) is 4.74. The van der Waals surface area contributed by atoms with E-state index >= 15 is 0 Å². The number of nitrogens with zero attached hydrogens (tertiary/aromatic N) is 2. The molecule has 2 atom stereocenters. The monoisotopic (exact) mass is 272 g/mol. The van der Waals surface area contributed by atoms with Gasteiger partial charge in [-0.05, 0) is 24.3 Å². The molecule has 1 saturated carbocycles. The normalized spacial score (nSPS) is 29.4. The summed E-state index contributed by atoms with van der Waals surface area (Å²) in [5, 5.41) is 0. The predicted molar refractivity (Wildman–Crippen MR) is 84.7 cm³/mol. The van der Waals surface area contributed by atoms with Crippen LogP contribution in [0.4, 0.5) is 0 Å². The van der Waals surface area contributed by atoms with Crippen LogP contribution < -0.4 is 0 Å². The van der Waals surface area contributed by atoms with E-state index in [0.717, 1.165) is 18.5 Å². The number of piperazine rings is 1. The fraction of sp³-hybridized carbons (Fsp3) is 0.667. The van der Waals surface area contributed by atoms with Crippen molar-refractivity contribution < 1.29 is 0 Å². The summed E-state index contributed by atoms with van der Waals surface area (Å²) in [5.41, 5.74) is 1.45. The van der Waals surface area contributed by atoms with Crippen molar-refractivity contribution in [3.8, 4) is 0 Å². The minimum atomic E-state index is 0.864. The lowest BCUT2D eigenvalue weighted by molar-refractivity contribution is 0.0518. The van der Waals surface area contributed by atoms with Crippen LogP contribution in [0.2, 0.25) is 0 Å². The molecule has 0 bridgehead atoms. The summed E-state index contributed by atoms with van der Waals surface area (Å²) in [6, 6.07) is 11.8. The molecule has 1 aliphatic carbocycles. The molecule has 0 radical (unpaired) electrons. The molecule has 2 nitrogen and oxygen atoms in total. The summed E-state index contributed by atoms with van der Waals surface area (Å²) in [6.45, 7) is 8.58. The van der Waals surface area contributed by atoms with Gasteiger partial charge in [0.2, 0.25) is 0 Å². The van der Waals surface area contributed by atoms with Gasteiger partial charge in [0, 0.05) is 38.8 Å². The lowest BCUT2D eigenvalue weighted by atomic mass is 9.84. The number of benzene rings is 1. The average molecular weight is 272 g/mol. The van der Waals surface area contributed by atoms with Crippen molar-refractivity contribution in [3.63, 3.8) is 0 Å². The molecule has 1 heterocycles. The standard InChI is InChI=1S/C18H28N2/c1-16-7-5-6-10-18(16)20-13-11-19(12-14-20)15-17-8-3-2-4-9-17/h2-4,8-9,16,18H,5-7,10-15H2,1H3. The van der Waals surface area contributed by atoms with Crippen molar-refractivity contribution in [3.05, 3.63) is 35.9 Å². The smallest absolute Gasteiger partial charge is 0.0234 e. The molecule has 1 saturated heterocycles. The van der Waals surface area contributed by atoms with Gasteiger partial charge in [-0.15, -0.1) is 0 Å². The second kappa shape index (κ2) is 6.73. The fourth-order valence-electron chi connectivity index (χ4n) is 3.93. The van der Waals surface area contributed by atoms with Crippen molar-refractivity contribution in [1.29, 1.82) is 0 Å². The van der Waals surface area contributed by atoms with Crippen LogP contribution in [-0.2, 0) is 6.54 Å². The first-order valence-electron chi connectivity index (χ1n) is 8.33. The van der Waals surface area contributed by atoms with E-state index in [1.165, 1.54) is 57.4 Å². The minimum absolute atomic E-state index is 0.864. The average Bonchev–Trinajstić information content (AvgIpc) is 2.50. The Morgan fingerprint density at radius 1 is 0.950 bits per heavy atom. The van der Waals surface area contributed by atoms with E-state index in [2.05, 4.69) is 47.1 Å². The van der Waals surface area contributed by atoms with Crippen molar-refractivity contribution in [2.45, 2.75) is 45.2 Å². The molecule has 0 amide bonds. The molecule has 0 aromatic heterocycles. The summed E-state index contributed by atoms with van der Waals surface area (Å²) < 4.78 is 0. The topological polar surface area (TPSA) is 6.48 Å². The van der Waals surface area contributed by atoms with Crippen LogP contribution in [0, 0.1) is 5.92 Å². The maximum atomic E-state index is 2.77. The Morgan fingerprint density at radius 2 is 1.65 bits per heavy atom. The van der Waals surface area contributed by atoms with Gasteiger partial charge < -0.3 is 0 Å². The van der Waals surface area contributed by atoms with Crippen LogP contribution in [0.1, 0.15) is 38.2 Å². The van der Waals surface area contributed by atoms with E-state index in [-0.39, 0.29) is 0 Å². The third kappa shape index (κ3) is 3.42. The van der Waals surface area contributed by atoms with Crippen LogP contribution in [-0.4, -0.2) is 42.0 Å². The highest BCUT2D eigenvalue weighted by atomic mass is 15.3. The van der Waals surface area contributed by atoms with E-state index in [1.54, 1.807) is 0 Å². The summed E-state index contributed by atoms with van der Waals surface area (Å²) >= 11 is 0. The van der Waals surface area contributed by atoms with Crippen molar-refractivity contribution in [1.82, 2.24) is 9.80 Å². The summed E-state index contributed by atoms with van der Waals surface area (Å²) in [6.07, 6.45) is 5.76. The number of hydrogen-bond acceptors (Lipinski definition) is 2. The van der Waals surface area contributed by atoms with Gasteiger partial charge in [0.15, 0.2) is 0 Å². The molecule has 2 fully saturated rings. The summed E-state index contributed by atoms with van der Waals surface area (Å²) in [4.78, 5) is 5.38. The third-order valence-electron chi connectivity index (χ3n) is 5.19. The maximum absolute atomic E-state index is 2.77. The highest BCUT2D eigenvalue weighted by molar-refractivity contribution is 5.14. The van der Waals surface area contributed by atoms with Gasteiger partial charge in [-0.1, -0.05) is 50.1 Å². The minimum Gasteiger partial charge on any atom is -0.298 e. The highest BCUT2D eigenvalue weighted by Gasteiger charge is 2.29. The van der Waals surface area contributed by atoms with Crippen LogP contribution in [0.25, 0.3) is 0 Å². The molecular formula is C18H28N2. The van der Waals surface area contributed by atoms with E-state index < -0.39 is 0 Å². The summed E-state index contributed by atoms with van der Waals surface area (Å²) in [7, 11) is 0. The zero-order chi connectivity index (χ0) is 13.8. The zero-order valence-electron chi connectivity index (χ0n) is 12.8. The van der Waals surface area contributed by atoms with E-state index in [1.807, 2.05) is 0 Å². The van der Waals surface area contributed by atoms with Gasteiger partial charge in [0.25, 0.3) is 0 Å². The molecule has 2 heteroatoms. The largest absolute Gasteiger partial charge is 0.298 e. The Labute approximate surface area is 123 Å². The third-order valence-corrected chi connectivity index (χ3v) is 5.19. The molecule has 0 spiro atoms. The second-order valence-corrected chi connectivity index (χ2v) is 6.63. The molecule has 3 rings (SSSR count). The molecule has 1 aromatic carbocycles. The lowest BCUT2D eigenvalue weighted by Gasteiger charge is -2.43. The number of hydrogen-bond donors (Lipinski definition) is 0. The van der Waals surface area contributed by atoms with Crippen molar-refractivity contribution in [2.24, 2.45) is 5.92 Å². The zero-order valence-corrected chi connectivity index (χ0v) is 12.8. The van der Waals surface area contributed by atoms with Crippen molar-refractivity contribution >= 4 is 0 Å². The first-order chi connectivity index (χ1) is 9.83.